The van der Waals surface area contributed by atoms with Crippen LogP contribution in [0.1, 0.15) is 79.2 Å². The van der Waals surface area contributed by atoms with Gasteiger partial charge in [-0.3, -0.25) is 9.69 Å². The molecule has 0 aliphatic heterocycles. The molecule has 1 aromatic carbocycles. The van der Waals surface area contributed by atoms with Crippen LogP contribution in [0, 0.1) is 0 Å². The van der Waals surface area contributed by atoms with Gasteiger partial charge < -0.3 is 5.73 Å². The summed E-state index contributed by atoms with van der Waals surface area (Å²) in [6, 6.07) is 8.45. The highest BCUT2D eigenvalue weighted by Gasteiger charge is 2.27. The molecule has 1 aliphatic carbocycles. The number of amides is 1. The average molecular weight is 466 g/mol. The zero-order valence-corrected chi connectivity index (χ0v) is 19.8. The highest BCUT2D eigenvalue weighted by molar-refractivity contribution is 5.94. The third kappa shape index (κ3) is 5.30. The van der Waals surface area contributed by atoms with E-state index < -0.39 is 5.91 Å². The third-order valence-corrected chi connectivity index (χ3v) is 6.25. The minimum Gasteiger partial charge on any atom is -0.378 e. The summed E-state index contributed by atoms with van der Waals surface area (Å²) in [5.41, 5.74) is 11.3. The zero-order valence-electron chi connectivity index (χ0n) is 19.8. The Morgan fingerprint density at radius 2 is 2.00 bits per heavy atom. The normalized spacial score (nSPS) is 15.0. The van der Waals surface area contributed by atoms with Crippen LogP contribution in [0.15, 0.2) is 34.0 Å². The lowest BCUT2D eigenvalue weighted by atomic mass is 9.94. The zero-order chi connectivity index (χ0) is 24.1. The van der Waals surface area contributed by atoms with Gasteiger partial charge in [0.1, 0.15) is 0 Å². The van der Waals surface area contributed by atoms with Crippen LogP contribution < -0.4 is 11.2 Å². The molecule has 11 nitrogen and oxygen atoms in total. The lowest BCUT2D eigenvalue weighted by Gasteiger charge is -2.31. The molecular weight excluding hydrogens is 434 g/mol. The Balaban J connectivity index is 1.53. The summed E-state index contributed by atoms with van der Waals surface area (Å²) in [5, 5.41) is 19.8. The van der Waals surface area contributed by atoms with Gasteiger partial charge >= 0.3 is 0 Å². The standard InChI is InChI=1S/C23H31N9O2/c1-15(2)17-11-9-16(10-12-17)13-25-27-23(33)20-19(14-31(3)18-7-5-4-6-8-18)32(30-26-20)22-21(24)28-34-29-22/h9-13,15,18H,4-8,14H2,1-3H3,(H2,24,28)(H,27,33). The van der Waals surface area contributed by atoms with Crippen LogP contribution >= 0.6 is 0 Å². The van der Waals surface area contributed by atoms with E-state index in [4.69, 9.17) is 10.4 Å². The Labute approximate surface area is 198 Å². The number of rotatable bonds is 8. The van der Waals surface area contributed by atoms with Gasteiger partial charge in [-0.05, 0) is 47.2 Å². The van der Waals surface area contributed by atoms with Gasteiger partial charge in [-0.15, -0.1) is 5.10 Å². The number of anilines is 1. The van der Waals surface area contributed by atoms with Crippen molar-refractivity contribution in [3.8, 4) is 5.82 Å². The summed E-state index contributed by atoms with van der Waals surface area (Å²) in [5.74, 6) is 0.254. The summed E-state index contributed by atoms with van der Waals surface area (Å²) < 4.78 is 6.14. The molecule has 1 saturated carbocycles. The molecule has 3 N–H and O–H groups in total. The number of hydrogen-bond acceptors (Lipinski definition) is 9. The summed E-state index contributed by atoms with van der Waals surface area (Å²) >= 11 is 0. The van der Waals surface area contributed by atoms with E-state index in [9.17, 15) is 4.79 Å². The van der Waals surface area contributed by atoms with Gasteiger partial charge in [0.05, 0.1) is 11.9 Å². The van der Waals surface area contributed by atoms with Gasteiger partial charge in [-0.25, -0.2) is 10.1 Å². The van der Waals surface area contributed by atoms with Crippen LogP contribution in [-0.4, -0.2) is 55.4 Å². The van der Waals surface area contributed by atoms with E-state index in [1.54, 1.807) is 6.21 Å². The van der Waals surface area contributed by atoms with Gasteiger partial charge in [0.25, 0.3) is 5.91 Å². The quantitative estimate of drug-likeness (QED) is 0.382. The lowest BCUT2D eigenvalue weighted by molar-refractivity contribution is 0.0947. The van der Waals surface area contributed by atoms with Gasteiger partial charge in [-0.2, -0.15) is 9.78 Å². The number of hydrazone groups is 1. The number of benzene rings is 1. The van der Waals surface area contributed by atoms with Crippen molar-refractivity contribution in [1.29, 1.82) is 0 Å². The first kappa shape index (κ1) is 23.6. The van der Waals surface area contributed by atoms with Gasteiger partial charge in [0.15, 0.2) is 5.69 Å². The van der Waals surface area contributed by atoms with E-state index in [1.807, 2.05) is 19.2 Å². The number of nitrogens with two attached hydrogens (primary N) is 1. The Morgan fingerprint density at radius 1 is 1.26 bits per heavy atom. The van der Waals surface area contributed by atoms with Crippen molar-refractivity contribution in [3.05, 3.63) is 46.8 Å². The molecule has 2 heterocycles. The average Bonchev–Trinajstić information content (AvgIpc) is 3.45. The van der Waals surface area contributed by atoms with Gasteiger partial charge in [-0.1, -0.05) is 62.6 Å². The highest BCUT2D eigenvalue weighted by atomic mass is 16.6. The maximum absolute atomic E-state index is 13.0. The molecule has 0 radical (unpaired) electrons. The molecule has 11 heteroatoms. The number of aromatic nitrogens is 5. The van der Waals surface area contributed by atoms with Crippen LogP contribution in [0.25, 0.3) is 5.82 Å². The Morgan fingerprint density at radius 3 is 2.65 bits per heavy atom. The van der Waals surface area contributed by atoms with Crippen molar-refractivity contribution in [1.82, 2.24) is 35.6 Å². The number of nitrogens with one attached hydrogen (secondary N) is 1. The van der Waals surface area contributed by atoms with Crippen LogP contribution in [0.4, 0.5) is 5.82 Å². The monoisotopic (exact) mass is 465 g/mol. The largest absolute Gasteiger partial charge is 0.378 e. The summed E-state index contributed by atoms with van der Waals surface area (Å²) in [6.45, 7) is 4.72. The number of carbonyl (C=O) groups excluding carboxylic acids is 1. The fourth-order valence-corrected chi connectivity index (χ4v) is 4.20. The minimum atomic E-state index is -0.469. The van der Waals surface area contributed by atoms with E-state index in [2.05, 4.69) is 62.0 Å². The summed E-state index contributed by atoms with van der Waals surface area (Å²) in [4.78, 5) is 15.2. The van der Waals surface area contributed by atoms with Crippen molar-refractivity contribution < 1.29 is 9.42 Å². The number of hydrogen-bond donors (Lipinski definition) is 2. The topological polar surface area (TPSA) is 140 Å². The summed E-state index contributed by atoms with van der Waals surface area (Å²) in [6.07, 6.45) is 7.50. The van der Waals surface area contributed by atoms with Crippen LogP contribution in [-0.2, 0) is 6.54 Å². The van der Waals surface area contributed by atoms with Crippen molar-refractivity contribution in [2.24, 2.45) is 5.10 Å². The van der Waals surface area contributed by atoms with E-state index >= 15 is 0 Å². The second-order valence-corrected chi connectivity index (χ2v) is 9.00. The fourth-order valence-electron chi connectivity index (χ4n) is 4.20. The number of nitrogens with zero attached hydrogens (tertiary/aromatic N) is 7. The molecule has 0 saturated heterocycles. The first-order valence-electron chi connectivity index (χ1n) is 11.6. The molecule has 4 rings (SSSR count). The van der Waals surface area contributed by atoms with Crippen LogP contribution in [0.5, 0.6) is 0 Å². The molecule has 1 amide bonds. The molecular formula is C23H31N9O2. The van der Waals surface area contributed by atoms with E-state index in [1.165, 1.54) is 29.5 Å². The molecule has 180 valence electrons. The van der Waals surface area contributed by atoms with E-state index in [0.717, 1.165) is 18.4 Å². The lowest BCUT2D eigenvalue weighted by Crippen LogP contribution is -2.34. The maximum Gasteiger partial charge on any atom is 0.293 e. The van der Waals surface area contributed by atoms with Crippen molar-refractivity contribution >= 4 is 17.9 Å². The molecule has 1 aliphatic rings. The second-order valence-electron chi connectivity index (χ2n) is 9.00. The van der Waals surface area contributed by atoms with E-state index in [0.29, 0.717) is 24.2 Å². The third-order valence-electron chi connectivity index (χ3n) is 6.25. The second kappa shape index (κ2) is 10.6. The Bertz CT molecular complexity index is 1130. The fraction of sp³-hybridized carbons (Fsp3) is 0.478. The predicted molar refractivity (Wildman–Crippen MR) is 128 cm³/mol. The molecule has 2 aromatic heterocycles. The summed E-state index contributed by atoms with van der Waals surface area (Å²) in [7, 11) is 2.04. The first-order chi connectivity index (χ1) is 16.4. The predicted octanol–water partition coefficient (Wildman–Crippen LogP) is 2.88. The van der Waals surface area contributed by atoms with Crippen LogP contribution in [0.2, 0.25) is 0 Å². The molecule has 1 fully saturated rings. The number of nitrogen functional groups attached to an aromatic ring is 1. The smallest absolute Gasteiger partial charge is 0.293 e. The molecule has 0 atom stereocenters. The Kier molecular flexibility index (Phi) is 7.31. The van der Waals surface area contributed by atoms with Crippen molar-refractivity contribution in [2.45, 2.75) is 64.5 Å². The van der Waals surface area contributed by atoms with Crippen LogP contribution in [0.3, 0.4) is 0 Å². The Hall–Kier alpha value is -3.60. The molecule has 3 aromatic rings. The van der Waals surface area contributed by atoms with Gasteiger partial charge in [0.2, 0.25) is 11.6 Å². The van der Waals surface area contributed by atoms with E-state index in [-0.39, 0.29) is 17.3 Å². The highest BCUT2D eigenvalue weighted by Crippen LogP contribution is 2.24. The SMILES string of the molecule is CC(C)c1ccc(C=NNC(=O)c2nnn(-c3nonc3N)c2CN(C)C2CCCCC2)cc1. The minimum absolute atomic E-state index is 0.0706. The molecule has 34 heavy (non-hydrogen) atoms. The van der Waals surface area contributed by atoms with Crippen molar-refractivity contribution in [3.63, 3.8) is 0 Å². The van der Waals surface area contributed by atoms with Crippen molar-refractivity contribution in [2.75, 3.05) is 12.8 Å². The molecule has 0 unspecified atom stereocenters. The maximum atomic E-state index is 13.0. The van der Waals surface area contributed by atoms with Gasteiger partial charge in [0, 0.05) is 12.6 Å². The number of carbonyl (C=O) groups is 1. The first-order valence-corrected chi connectivity index (χ1v) is 11.6. The molecule has 0 spiro atoms. The molecule has 0 bridgehead atoms.